The molecule has 6 nitrogen and oxygen atoms in total. The van der Waals surface area contributed by atoms with Gasteiger partial charge >= 0.3 is 0 Å². The normalized spacial score (nSPS) is 13.9. The van der Waals surface area contributed by atoms with Gasteiger partial charge in [-0.1, -0.05) is 18.6 Å². The summed E-state index contributed by atoms with van der Waals surface area (Å²) in [5.74, 6) is 1.66. The summed E-state index contributed by atoms with van der Waals surface area (Å²) < 4.78 is 13.6. The lowest BCUT2D eigenvalue weighted by molar-refractivity contribution is 0.183. The molecule has 0 aliphatic carbocycles. The maximum Gasteiger partial charge on any atom is 0.161 e. The molecule has 0 unspecified atom stereocenters. The van der Waals surface area contributed by atoms with Crippen molar-refractivity contribution in [1.82, 2.24) is 9.47 Å². The number of rotatable bonds is 8. The van der Waals surface area contributed by atoms with Crippen molar-refractivity contribution in [3.05, 3.63) is 71.8 Å². The van der Waals surface area contributed by atoms with Crippen LogP contribution in [0.2, 0.25) is 0 Å². The van der Waals surface area contributed by atoms with E-state index in [0.717, 1.165) is 45.6 Å². The molecule has 0 radical (unpaired) electrons. The highest BCUT2D eigenvalue weighted by Gasteiger charge is 2.18. The van der Waals surface area contributed by atoms with Gasteiger partial charge in [-0.25, -0.2) is 0 Å². The van der Waals surface area contributed by atoms with Gasteiger partial charge in [-0.15, -0.1) is 12.4 Å². The van der Waals surface area contributed by atoms with Gasteiger partial charge in [0.25, 0.3) is 0 Å². The fourth-order valence-corrected chi connectivity index (χ4v) is 5.22. The molecule has 0 bridgehead atoms. The molecule has 1 fully saturated rings. The number of ether oxygens (including phenoxy) is 2. The van der Waals surface area contributed by atoms with Gasteiger partial charge in [0, 0.05) is 29.6 Å². The standard InChI is InChI=1S/C30H34N2O4.ClH/c1-21-26-19-24(33)9-12-27(26)32(30(21)23-8-13-28(34)29(18-23)35-2)20-22-6-10-25(11-7-22)36-17-16-31-14-4-3-5-15-31;/h6-13,18-19,33-34H,3-5,14-17,20H2,1-2H3;1H. The number of phenols is 2. The Labute approximate surface area is 224 Å². The average molecular weight is 523 g/mol. The molecule has 0 saturated carbocycles. The number of methoxy groups -OCH3 is 1. The Balaban J connectivity index is 0.00000320. The first-order valence-electron chi connectivity index (χ1n) is 12.7. The van der Waals surface area contributed by atoms with Gasteiger partial charge in [-0.2, -0.15) is 0 Å². The minimum Gasteiger partial charge on any atom is -0.508 e. The molecule has 1 aromatic heterocycles. The van der Waals surface area contributed by atoms with Gasteiger partial charge in [0.2, 0.25) is 0 Å². The number of likely N-dealkylation sites (tertiary alicyclic amines) is 1. The largest absolute Gasteiger partial charge is 0.508 e. The molecule has 37 heavy (non-hydrogen) atoms. The minimum absolute atomic E-state index is 0. The van der Waals surface area contributed by atoms with E-state index in [2.05, 4.69) is 28.5 Å². The molecule has 1 aliphatic rings. The van der Waals surface area contributed by atoms with E-state index in [4.69, 9.17) is 9.47 Å². The molecule has 2 N–H and O–H groups in total. The summed E-state index contributed by atoms with van der Waals surface area (Å²) in [6.45, 7) is 6.76. The van der Waals surface area contributed by atoms with E-state index in [0.29, 0.717) is 18.9 Å². The zero-order valence-corrected chi connectivity index (χ0v) is 22.3. The van der Waals surface area contributed by atoms with E-state index in [9.17, 15) is 10.2 Å². The molecule has 3 aromatic carbocycles. The third kappa shape index (κ3) is 5.81. The zero-order chi connectivity index (χ0) is 25.1. The minimum atomic E-state index is 0. The van der Waals surface area contributed by atoms with E-state index in [-0.39, 0.29) is 23.9 Å². The lowest BCUT2D eigenvalue weighted by Gasteiger charge is -2.26. The maximum absolute atomic E-state index is 10.1. The van der Waals surface area contributed by atoms with Crippen molar-refractivity contribution >= 4 is 23.3 Å². The molecule has 1 aliphatic heterocycles. The van der Waals surface area contributed by atoms with Crippen LogP contribution in [0, 0.1) is 6.92 Å². The highest BCUT2D eigenvalue weighted by molar-refractivity contribution is 5.93. The SMILES string of the molecule is COc1cc(-c2c(C)c3cc(O)ccc3n2Cc2ccc(OCCN3CCCCC3)cc2)ccc1O.Cl. The van der Waals surface area contributed by atoms with E-state index in [1.807, 2.05) is 36.4 Å². The topological polar surface area (TPSA) is 67.1 Å². The van der Waals surface area contributed by atoms with Gasteiger partial charge in [0.1, 0.15) is 18.1 Å². The smallest absolute Gasteiger partial charge is 0.161 e. The summed E-state index contributed by atoms with van der Waals surface area (Å²) in [5, 5.41) is 21.2. The number of nitrogens with zero attached hydrogens (tertiary/aromatic N) is 2. The van der Waals surface area contributed by atoms with Crippen molar-refractivity contribution in [1.29, 1.82) is 0 Å². The highest BCUT2D eigenvalue weighted by Crippen LogP contribution is 2.38. The van der Waals surface area contributed by atoms with Crippen LogP contribution in [0.4, 0.5) is 0 Å². The summed E-state index contributed by atoms with van der Waals surface area (Å²) in [5.41, 5.74) is 5.21. The molecule has 196 valence electrons. The van der Waals surface area contributed by atoms with Gasteiger partial charge in [0.05, 0.1) is 12.8 Å². The van der Waals surface area contributed by atoms with Crippen molar-refractivity contribution in [2.75, 3.05) is 33.4 Å². The molecular formula is C30H35ClN2O4. The third-order valence-corrected chi connectivity index (χ3v) is 7.14. The van der Waals surface area contributed by atoms with Crippen molar-refractivity contribution in [3.8, 4) is 34.3 Å². The number of aryl methyl sites for hydroxylation is 1. The van der Waals surface area contributed by atoms with Crippen LogP contribution in [0.5, 0.6) is 23.0 Å². The first-order valence-corrected chi connectivity index (χ1v) is 12.7. The molecular weight excluding hydrogens is 488 g/mol. The van der Waals surface area contributed by atoms with Crippen LogP contribution < -0.4 is 9.47 Å². The number of halogens is 1. The molecule has 0 amide bonds. The Morgan fingerprint density at radius 3 is 2.38 bits per heavy atom. The van der Waals surface area contributed by atoms with Crippen molar-refractivity contribution in [2.45, 2.75) is 32.7 Å². The van der Waals surface area contributed by atoms with Gasteiger partial charge < -0.3 is 24.3 Å². The van der Waals surface area contributed by atoms with Crippen LogP contribution in [0.1, 0.15) is 30.4 Å². The summed E-state index contributed by atoms with van der Waals surface area (Å²) in [4.78, 5) is 2.48. The Morgan fingerprint density at radius 2 is 1.65 bits per heavy atom. The molecule has 0 atom stereocenters. The monoisotopic (exact) mass is 522 g/mol. The predicted molar refractivity (Wildman–Crippen MR) is 151 cm³/mol. The highest BCUT2D eigenvalue weighted by atomic mass is 35.5. The second-order valence-electron chi connectivity index (χ2n) is 9.54. The third-order valence-electron chi connectivity index (χ3n) is 7.14. The fourth-order valence-electron chi connectivity index (χ4n) is 5.22. The average Bonchev–Trinajstić information content (AvgIpc) is 3.16. The van der Waals surface area contributed by atoms with Crippen LogP contribution in [0.15, 0.2) is 60.7 Å². The van der Waals surface area contributed by atoms with E-state index in [1.54, 1.807) is 19.2 Å². The molecule has 7 heteroatoms. The number of piperidine rings is 1. The number of benzene rings is 3. The molecule has 1 saturated heterocycles. The van der Waals surface area contributed by atoms with Crippen LogP contribution in [0.3, 0.4) is 0 Å². The van der Waals surface area contributed by atoms with Crippen LogP contribution in [-0.2, 0) is 6.54 Å². The lowest BCUT2D eigenvalue weighted by atomic mass is 10.1. The predicted octanol–water partition coefficient (Wildman–Crippen LogP) is 6.37. The second kappa shape index (κ2) is 11.8. The first kappa shape index (κ1) is 26.7. The molecule has 4 aromatic rings. The Kier molecular flexibility index (Phi) is 8.52. The number of aromatic hydroxyl groups is 2. The van der Waals surface area contributed by atoms with E-state index < -0.39 is 0 Å². The number of aromatic nitrogens is 1. The van der Waals surface area contributed by atoms with Gasteiger partial charge in [0.15, 0.2) is 11.5 Å². The number of fused-ring (bicyclic) bond motifs is 1. The summed E-state index contributed by atoms with van der Waals surface area (Å²) in [6, 6.07) is 19.2. The lowest BCUT2D eigenvalue weighted by Crippen LogP contribution is -2.33. The van der Waals surface area contributed by atoms with Crippen molar-refractivity contribution < 1.29 is 19.7 Å². The second-order valence-corrected chi connectivity index (χ2v) is 9.54. The maximum atomic E-state index is 10.1. The zero-order valence-electron chi connectivity index (χ0n) is 21.4. The first-order chi connectivity index (χ1) is 17.5. The molecule has 2 heterocycles. The number of hydrogen-bond acceptors (Lipinski definition) is 5. The number of hydrogen-bond donors (Lipinski definition) is 2. The van der Waals surface area contributed by atoms with Crippen LogP contribution in [-0.4, -0.2) is 53.0 Å². The quantitative estimate of drug-likeness (QED) is 0.281. The summed E-state index contributed by atoms with van der Waals surface area (Å²) >= 11 is 0. The Bertz CT molecular complexity index is 1340. The van der Waals surface area contributed by atoms with Gasteiger partial charge in [-0.3, -0.25) is 4.90 Å². The van der Waals surface area contributed by atoms with Crippen molar-refractivity contribution in [3.63, 3.8) is 0 Å². The molecule has 0 spiro atoms. The fraction of sp³-hybridized carbons (Fsp3) is 0.333. The summed E-state index contributed by atoms with van der Waals surface area (Å²) in [6.07, 6.45) is 3.93. The van der Waals surface area contributed by atoms with E-state index in [1.165, 1.54) is 32.4 Å². The summed E-state index contributed by atoms with van der Waals surface area (Å²) in [7, 11) is 1.55. The van der Waals surface area contributed by atoms with Gasteiger partial charge in [-0.05, 0) is 92.5 Å². The van der Waals surface area contributed by atoms with Crippen molar-refractivity contribution in [2.24, 2.45) is 0 Å². The Morgan fingerprint density at radius 1 is 0.892 bits per heavy atom. The number of phenolic OH excluding ortho intramolecular Hbond substituents is 2. The van der Waals surface area contributed by atoms with Crippen LogP contribution in [0.25, 0.3) is 22.2 Å². The Hall–Kier alpha value is -3.35. The van der Waals surface area contributed by atoms with E-state index >= 15 is 0 Å². The molecule has 5 rings (SSSR count). The van der Waals surface area contributed by atoms with Crippen LogP contribution >= 0.6 is 12.4 Å².